The third kappa shape index (κ3) is 4.79. The van der Waals surface area contributed by atoms with Crippen LogP contribution < -0.4 is 10.3 Å². The van der Waals surface area contributed by atoms with Gasteiger partial charge in [-0.1, -0.05) is 18.2 Å². The number of aryl methyl sites for hydroxylation is 1. The van der Waals surface area contributed by atoms with E-state index in [4.69, 9.17) is 4.74 Å². The first-order valence-corrected chi connectivity index (χ1v) is 8.30. The van der Waals surface area contributed by atoms with Crippen molar-refractivity contribution in [2.75, 3.05) is 0 Å². The van der Waals surface area contributed by atoms with Crippen molar-refractivity contribution in [2.24, 2.45) is 0 Å². The monoisotopic (exact) mass is 386 g/mol. The lowest BCUT2D eigenvalue weighted by atomic mass is 10.2. The predicted octanol–water partition coefficient (Wildman–Crippen LogP) is 3.36. The molecule has 3 aromatic rings. The molecule has 0 atom stereocenters. The number of fused-ring (bicyclic) bond motifs is 1. The van der Waals surface area contributed by atoms with E-state index in [0.717, 1.165) is 5.56 Å². The van der Waals surface area contributed by atoms with Crippen LogP contribution in [0.15, 0.2) is 59.5 Å². The minimum Gasteiger partial charge on any atom is -0.456 e. The van der Waals surface area contributed by atoms with Gasteiger partial charge in [0.05, 0.1) is 5.69 Å². The van der Waals surface area contributed by atoms with Crippen LogP contribution in [0.25, 0.3) is 11.7 Å². The molecule has 0 bridgehead atoms. The molecule has 0 aliphatic carbocycles. The van der Waals surface area contributed by atoms with Crippen molar-refractivity contribution in [2.45, 2.75) is 20.1 Å². The van der Waals surface area contributed by atoms with Crippen molar-refractivity contribution in [1.29, 1.82) is 0 Å². The summed E-state index contributed by atoms with van der Waals surface area (Å²) >= 11 is 0. The second-order valence-corrected chi connectivity index (χ2v) is 5.86. The van der Waals surface area contributed by atoms with E-state index in [2.05, 4.69) is 9.72 Å². The number of carbonyl (C=O) groups is 1. The van der Waals surface area contributed by atoms with Gasteiger partial charge in [-0.15, -0.1) is 0 Å². The Morgan fingerprint density at radius 3 is 2.71 bits per heavy atom. The summed E-state index contributed by atoms with van der Waals surface area (Å²) in [6.07, 6.45) is 4.29. The van der Waals surface area contributed by atoms with E-state index in [0.29, 0.717) is 16.9 Å². The zero-order valence-electron chi connectivity index (χ0n) is 14.8. The van der Waals surface area contributed by atoms with Crippen molar-refractivity contribution in [3.05, 3.63) is 81.9 Å². The summed E-state index contributed by atoms with van der Waals surface area (Å²) in [4.78, 5) is 28.3. The van der Waals surface area contributed by atoms with Gasteiger partial charge in [0.25, 0.3) is 5.56 Å². The van der Waals surface area contributed by atoms with Gasteiger partial charge in [0.1, 0.15) is 18.0 Å². The highest BCUT2D eigenvalue weighted by molar-refractivity contribution is 5.87. The largest absolute Gasteiger partial charge is 0.456 e. The molecule has 28 heavy (non-hydrogen) atoms. The number of aromatic nitrogens is 2. The van der Waals surface area contributed by atoms with E-state index in [9.17, 15) is 18.4 Å². The Morgan fingerprint density at radius 2 is 2.00 bits per heavy atom. The van der Waals surface area contributed by atoms with Gasteiger partial charge in [0.2, 0.25) is 0 Å². The van der Waals surface area contributed by atoms with Gasteiger partial charge >= 0.3 is 12.6 Å². The number of pyridine rings is 1. The molecule has 3 rings (SSSR count). The molecule has 0 saturated heterocycles. The summed E-state index contributed by atoms with van der Waals surface area (Å²) in [7, 11) is 0. The molecule has 1 aromatic carbocycles. The number of nitrogens with zero attached hydrogens (tertiary/aromatic N) is 2. The van der Waals surface area contributed by atoms with E-state index in [-0.39, 0.29) is 17.9 Å². The van der Waals surface area contributed by atoms with Gasteiger partial charge in [-0.25, -0.2) is 9.78 Å². The van der Waals surface area contributed by atoms with Crippen LogP contribution in [0.1, 0.15) is 16.8 Å². The molecule has 0 amide bonds. The molecule has 0 radical (unpaired) electrons. The summed E-state index contributed by atoms with van der Waals surface area (Å²) in [6, 6.07) is 10.7. The number of benzene rings is 1. The van der Waals surface area contributed by atoms with Gasteiger partial charge in [-0.3, -0.25) is 9.20 Å². The molecular weight excluding hydrogens is 370 g/mol. The fraction of sp³-hybridized carbons (Fsp3) is 0.150. The predicted molar refractivity (Wildman–Crippen MR) is 98.1 cm³/mol. The zero-order valence-corrected chi connectivity index (χ0v) is 14.8. The van der Waals surface area contributed by atoms with E-state index in [1.807, 2.05) is 13.0 Å². The Bertz CT molecular complexity index is 1080. The van der Waals surface area contributed by atoms with Crippen molar-refractivity contribution >= 4 is 17.7 Å². The second kappa shape index (κ2) is 8.43. The molecule has 0 unspecified atom stereocenters. The number of carbonyl (C=O) groups excluding carboxylic acids is 1. The van der Waals surface area contributed by atoms with Crippen LogP contribution >= 0.6 is 0 Å². The maximum atomic E-state index is 12.1. The van der Waals surface area contributed by atoms with Crippen molar-refractivity contribution in [1.82, 2.24) is 9.38 Å². The van der Waals surface area contributed by atoms with Gasteiger partial charge in [-0.2, -0.15) is 8.78 Å². The van der Waals surface area contributed by atoms with Crippen LogP contribution in [-0.4, -0.2) is 22.0 Å². The number of hydrogen-bond acceptors (Lipinski definition) is 5. The highest BCUT2D eigenvalue weighted by atomic mass is 19.3. The molecule has 0 saturated carbocycles. The maximum Gasteiger partial charge on any atom is 0.387 e. The molecule has 2 heterocycles. The van der Waals surface area contributed by atoms with E-state index in [1.54, 1.807) is 12.3 Å². The second-order valence-electron chi connectivity index (χ2n) is 5.86. The molecule has 0 aliphatic rings. The van der Waals surface area contributed by atoms with Crippen LogP contribution in [0.2, 0.25) is 0 Å². The normalized spacial score (nSPS) is 11.3. The number of ether oxygens (including phenoxy) is 2. The Morgan fingerprint density at radius 1 is 1.25 bits per heavy atom. The standard InChI is InChI=1S/C20H16F2N2O4/c1-13-3-2-10-24-17(25)11-15(23-19(13)24)12-27-18(26)9-6-14-4-7-16(8-5-14)28-20(21)22/h2-11,20H,12H2,1H3/b9-6+. The smallest absolute Gasteiger partial charge is 0.387 e. The lowest BCUT2D eigenvalue weighted by Gasteiger charge is -2.06. The summed E-state index contributed by atoms with van der Waals surface area (Å²) in [5.74, 6) is -0.599. The molecule has 6 nitrogen and oxygen atoms in total. The van der Waals surface area contributed by atoms with Crippen LogP contribution in [0.4, 0.5) is 8.78 Å². The summed E-state index contributed by atoms with van der Waals surface area (Å²) in [6.45, 7) is -1.21. The first-order valence-electron chi connectivity index (χ1n) is 8.30. The summed E-state index contributed by atoms with van der Waals surface area (Å²) in [5, 5.41) is 0. The number of esters is 1. The average Bonchev–Trinajstić information content (AvgIpc) is 2.66. The molecule has 2 aromatic heterocycles. The molecule has 0 N–H and O–H groups in total. The number of hydrogen-bond donors (Lipinski definition) is 0. The van der Waals surface area contributed by atoms with Crippen LogP contribution in [0, 0.1) is 6.92 Å². The van der Waals surface area contributed by atoms with Crippen LogP contribution in [-0.2, 0) is 16.1 Å². The SMILES string of the molecule is Cc1cccn2c(=O)cc(COC(=O)/C=C/c3ccc(OC(F)F)cc3)nc12. The Labute approximate surface area is 158 Å². The van der Waals surface area contributed by atoms with Gasteiger partial charge < -0.3 is 9.47 Å². The Kier molecular flexibility index (Phi) is 5.78. The summed E-state index contributed by atoms with van der Waals surface area (Å²) < 4.78 is 35.0. The molecule has 8 heteroatoms. The molecule has 0 aliphatic heterocycles. The highest BCUT2D eigenvalue weighted by Crippen LogP contribution is 2.15. The zero-order chi connectivity index (χ0) is 20.1. The topological polar surface area (TPSA) is 69.9 Å². The fourth-order valence-corrected chi connectivity index (χ4v) is 2.50. The number of rotatable bonds is 6. The lowest BCUT2D eigenvalue weighted by Crippen LogP contribution is -2.17. The molecular formula is C20H16F2N2O4. The minimum atomic E-state index is -2.89. The first kappa shape index (κ1) is 19.2. The lowest BCUT2D eigenvalue weighted by molar-refractivity contribution is -0.139. The Hall–Kier alpha value is -3.55. The molecule has 0 fully saturated rings. The highest BCUT2D eigenvalue weighted by Gasteiger charge is 2.07. The fourth-order valence-electron chi connectivity index (χ4n) is 2.50. The Balaban J connectivity index is 1.62. The van der Waals surface area contributed by atoms with Gasteiger partial charge in [-0.05, 0) is 42.3 Å². The van der Waals surface area contributed by atoms with Gasteiger partial charge in [0, 0.05) is 18.3 Å². The van der Waals surface area contributed by atoms with E-state index < -0.39 is 12.6 Å². The van der Waals surface area contributed by atoms with Crippen molar-refractivity contribution in [3.63, 3.8) is 0 Å². The maximum absolute atomic E-state index is 12.1. The third-order valence-corrected chi connectivity index (χ3v) is 3.82. The molecule has 0 spiro atoms. The molecule has 144 valence electrons. The first-order chi connectivity index (χ1) is 13.4. The van der Waals surface area contributed by atoms with Crippen molar-refractivity contribution < 1.29 is 23.0 Å². The minimum absolute atomic E-state index is 0.0266. The van der Waals surface area contributed by atoms with E-state index in [1.165, 1.54) is 46.9 Å². The quantitative estimate of drug-likeness (QED) is 0.480. The third-order valence-electron chi connectivity index (χ3n) is 3.82. The average molecular weight is 386 g/mol. The van der Waals surface area contributed by atoms with Gasteiger partial charge in [0.15, 0.2) is 0 Å². The number of alkyl halides is 2. The van der Waals surface area contributed by atoms with Crippen molar-refractivity contribution in [3.8, 4) is 5.75 Å². The number of halogens is 2. The summed E-state index contributed by atoms with van der Waals surface area (Å²) in [5.41, 5.74) is 2.02. The van der Waals surface area contributed by atoms with Crippen LogP contribution in [0.5, 0.6) is 5.75 Å². The van der Waals surface area contributed by atoms with E-state index >= 15 is 0 Å². The van der Waals surface area contributed by atoms with Crippen LogP contribution in [0.3, 0.4) is 0 Å².